The minimum absolute atomic E-state index is 0. The first-order chi connectivity index (χ1) is 15.3. The monoisotopic (exact) mass is 567 g/mol. The first-order valence-electron chi connectivity index (χ1n) is 12.7. The minimum atomic E-state index is 0. The van der Waals surface area contributed by atoms with E-state index in [-0.39, 0.29) is 30.2 Å². The van der Waals surface area contributed by atoms with Crippen molar-refractivity contribution < 1.29 is 49.5 Å². The van der Waals surface area contributed by atoms with Crippen molar-refractivity contribution >= 4 is 5.57 Å². The fourth-order valence-electron chi connectivity index (χ4n) is 7.47. The van der Waals surface area contributed by atoms with E-state index < -0.39 is 0 Å². The molecule has 0 nitrogen and oxygen atoms in total. The Bertz CT molecular complexity index is 1140. The number of benzene rings is 1. The van der Waals surface area contributed by atoms with Crippen molar-refractivity contribution in [2.75, 3.05) is 0 Å². The molecule has 0 saturated heterocycles. The Hall–Kier alpha value is -0.617. The molecule has 1 fully saturated rings. The van der Waals surface area contributed by atoms with Crippen LogP contribution in [0.4, 0.5) is 0 Å². The Morgan fingerprint density at radius 3 is 2.53 bits per heavy atom. The van der Waals surface area contributed by atoms with Crippen LogP contribution >= 0.6 is 0 Å². The molecule has 0 bridgehead atoms. The van der Waals surface area contributed by atoms with E-state index in [1.54, 1.807) is 58.1 Å². The quantitative estimate of drug-likeness (QED) is 0.487. The molecule has 0 aliphatic heterocycles. The largest absolute Gasteiger partial charge is 1.00 e. The van der Waals surface area contributed by atoms with Gasteiger partial charge in [0.15, 0.2) is 0 Å². The van der Waals surface area contributed by atoms with Gasteiger partial charge in [-0.05, 0) is 0 Å². The first kappa shape index (κ1) is 26.4. The van der Waals surface area contributed by atoms with Crippen molar-refractivity contribution in [1.29, 1.82) is 0 Å². The zero-order valence-corrected chi connectivity index (χ0v) is 24.8. The molecular formula is C31H35Cl2Zr. The van der Waals surface area contributed by atoms with Gasteiger partial charge >= 0.3 is 210 Å². The Morgan fingerprint density at radius 1 is 1.03 bits per heavy atom. The SMILES string of the molecule is CC1=CC(C(C)(C)C)=CC1C1CC=CC2=C3C(=C4[CH]([Zr+2])CCCC4C21)Cc1ccccc13.[Cl-].[Cl-]. The third-order valence-corrected chi connectivity index (χ3v) is 10.4. The van der Waals surface area contributed by atoms with E-state index in [4.69, 9.17) is 0 Å². The number of hydrogen-bond acceptors (Lipinski definition) is 0. The molecule has 0 radical (unpaired) electrons. The van der Waals surface area contributed by atoms with Crippen LogP contribution in [0.15, 0.2) is 76.4 Å². The topological polar surface area (TPSA) is 0 Å². The molecule has 0 aromatic heterocycles. The molecule has 5 unspecified atom stereocenters. The summed E-state index contributed by atoms with van der Waals surface area (Å²) in [5, 5.41) is 0. The molecule has 1 aromatic rings. The normalized spacial score (nSPS) is 31.5. The molecule has 34 heavy (non-hydrogen) atoms. The third-order valence-electron chi connectivity index (χ3n) is 8.93. The van der Waals surface area contributed by atoms with Crippen LogP contribution in [0.25, 0.3) is 5.57 Å². The van der Waals surface area contributed by atoms with Gasteiger partial charge in [0, 0.05) is 0 Å². The molecule has 1 aromatic carbocycles. The van der Waals surface area contributed by atoms with Gasteiger partial charge in [0.25, 0.3) is 0 Å². The fourth-order valence-corrected chi connectivity index (χ4v) is 8.93. The second-order valence-corrected chi connectivity index (χ2v) is 13.5. The summed E-state index contributed by atoms with van der Waals surface area (Å²) < 4.78 is 0.828. The summed E-state index contributed by atoms with van der Waals surface area (Å²) in [6.45, 7) is 9.51. The molecule has 5 aliphatic rings. The Labute approximate surface area is 233 Å². The second kappa shape index (κ2) is 9.69. The van der Waals surface area contributed by atoms with E-state index in [1.807, 2.05) is 5.57 Å². The van der Waals surface area contributed by atoms with E-state index in [0.29, 0.717) is 17.8 Å². The predicted octanol–water partition coefficient (Wildman–Crippen LogP) is 2.19. The molecular weight excluding hydrogens is 534 g/mol. The van der Waals surface area contributed by atoms with E-state index in [0.717, 1.165) is 9.54 Å². The van der Waals surface area contributed by atoms with Crippen LogP contribution in [0.3, 0.4) is 0 Å². The number of halogens is 2. The van der Waals surface area contributed by atoms with Crippen molar-refractivity contribution in [3.05, 3.63) is 87.6 Å². The van der Waals surface area contributed by atoms with Gasteiger partial charge in [0.2, 0.25) is 0 Å². The molecule has 3 heteroatoms. The molecule has 0 spiro atoms. The van der Waals surface area contributed by atoms with Crippen molar-refractivity contribution in [3.63, 3.8) is 0 Å². The Morgan fingerprint density at radius 2 is 1.79 bits per heavy atom. The van der Waals surface area contributed by atoms with E-state index in [2.05, 4.69) is 76.3 Å². The smallest absolute Gasteiger partial charge is 1.00 e. The van der Waals surface area contributed by atoms with Crippen molar-refractivity contribution in [1.82, 2.24) is 0 Å². The van der Waals surface area contributed by atoms with Gasteiger partial charge in [-0.25, -0.2) is 0 Å². The van der Waals surface area contributed by atoms with Gasteiger partial charge in [-0.3, -0.25) is 0 Å². The molecule has 5 atom stereocenters. The van der Waals surface area contributed by atoms with Gasteiger partial charge in [-0.2, -0.15) is 0 Å². The van der Waals surface area contributed by atoms with Gasteiger partial charge in [0.05, 0.1) is 0 Å². The molecule has 0 heterocycles. The van der Waals surface area contributed by atoms with E-state index in [1.165, 1.54) is 37.7 Å². The van der Waals surface area contributed by atoms with Crippen LogP contribution in [0.5, 0.6) is 0 Å². The van der Waals surface area contributed by atoms with E-state index in [9.17, 15) is 0 Å². The zero-order chi connectivity index (χ0) is 22.2. The van der Waals surface area contributed by atoms with Crippen LogP contribution in [0.2, 0.25) is 3.63 Å². The van der Waals surface area contributed by atoms with Crippen LogP contribution in [0, 0.1) is 29.1 Å². The summed E-state index contributed by atoms with van der Waals surface area (Å²) in [5.74, 6) is 2.76. The average molecular weight is 570 g/mol. The number of hydrogen-bond donors (Lipinski definition) is 0. The molecule has 0 amide bonds. The summed E-state index contributed by atoms with van der Waals surface area (Å²) >= 11 is 1.73. The van der Waals surface area contributed by atoms with Crippen LogP contribution in [-0.4, -0.2) is 0 Å². The van der Waals surface area contributed by atoms with Crippen molar-refractivity contribution in [3.8, 4) is 0 Å². The maximum atomic E-state index is 2.65. The maximum Gasteiger partial charge on any atom is -1.00 e. The fraction of sp³-hybridized carbons (Fsp3) is 0.484. The molecule has 1 saturated carbocycles. The number of rotatable bonds is 1. The first-order valence-corrected chi connectivity index (χ1v) is 14.1. The van der Waals surface area contributed by atoms with Gasteiger partial charge in [-0.1, -0.05) is 0 Å². The Balaban J connectivity index is 0.00000137. The van der Waals surface area contributed by atoms with Crippen LogP contribution in [-0.2, 0) is 31.1 Å². The minimum Gasteiger partial charge on any atom is -1.00 e. The van der Waals surface area contributed by atoms with Crippen LogP contribution < -0.4 is 24.8 Å². The predicted molar refractivity (Wildman–Crippen MR) is 131 cm³/mol. The molecule has 6 rings (SSSR count). The summed E-state index contributed by atoms with van der Waals surface area (Å²) in [6.07, 6.45) is 16.9. The summed E-state index contributed by atoms with van der Waals surface area (Å²) in [7, 11) is 0. The van der Waals surface area contributed by atoms with Crippen LogP contribution in [0.1, 0.15) is 64.5 Å². The molecule has 0 N–H and O–H groups in total. The summed E-state index contributed by atoms with van der Waals surface area (Å²) in [5.41, 5.74) is 13.4. The summed E-state index contributed by atoms with van der Waals surface area (Å²) in [4.78, 5) is 0. The van der Waals surface area contributed by atoms with Crippen molar-refractivity contribution in [2.45, 2.75) is 63.4 Å². The van der Waals surface area contributed by atoms with Gasteiger partial charge < -0.3 is 24.8 Å². The second-order valence-electron chi connectivity index (χ2n) is 11.8. The third kappa shape index (κ3) is 4.07. The summed E-state index contributed by atoms with van der Waals surface area (Å²) in [6, 6.07) is 9.27. The average Bonchev–Trinajstić information content (AvgIpc) is 3.34. The van der Waals surface area contributed by atoms with E-state index >= 15 is 0 Å². The molecule has 5 aliphatic carbocycles. The number of allylic oxidation sites excluding steroid dienone is 10. The van der Waals surface area contributed by atoms with Crippen molar-refractivity contribution in [2.24, 2.45) is 29.1 Å². The zero-order valence-electron chi connectivity index (χ0n) is 20.8. The molecule has 177 valence electrons. The standard InChI is InChI=1S/C31H35.2ClH.Zr/c1-19-16-21(31(2,3)4)18-27(19)25-14-9-15-26-29-22-11-6-5-10-20(22)17-28(29)23-12-7-8-13-24(23)30(25)26;;;/h5-6,9-12,15-16,18,24-25,27,30H,7-8,13-14,17H2,1-4H3;2*1H;/q;;;+2/p-2. The number of fused-ring (bicyclic) bond motifs is 6. The van der Waals surface area contributed by atoms with Gasteiger partial charge in [0.1, 0.15) is 0 Å². The van der Waals surface area contributed by atoms with Gasteiger partial charge in [-0.15, -0.1) is 0 Å². The maximum absolute atomic E-state index is 2.65. The Kier molecular flexibility index (Phi) is 7.53.